The van der Waals surface area contributed by atoms with Gasteiger partial charge in [-0.3, -0.25) is 14.4 Å². The second-order valence-electron chi connectivity index (χ2n) is 14.2. The number of carbonyl (C=O) groups is 4. The standard InChI is InChI=1S/C35H52FNO8/c1-23-19-27-26-15-14-24-20-25(38)16-17-32(24,2)34(26,36)28(39)21-33(27,3)35(23,43)29(40)22-45-31(42)37-18-12-10-8-6-5-7-9-11-13-30(41)44-4/h16-17,20,23,26-28,39,43H,5-15,18-19,21-22H2,1-4H3,(H,37,42). The molecule has 0 aliphatic heterocycles. The number of amides is 1. The third-order valence-electron chi connectivity index (χ3n) is 11.8. The van der Waals surface area contributed by atoms with Crippen molar-refractivity contribution in [1.82, 2.24) is 5.32 Å². The predicted octanol–water partition coefficient (Wildman–Crippen LogP) is 5.31. The van der Waals surface area contributed by atoms with Crippen LogP contribution in [-0.4, -0.2) is 71.5 Å². The molecule has 4 aliphatic carbocycles. The molecule has 0 aromatic rings. The summed E-state index contributed by atoms with van der Waals surface area (Å²) in [5.41, 5.74) is -5.52. The van der Waals surface area contributed by atoms with E-state index in [-0.39, 0.29) is 24.1 Å². The van der Waals surface area contributed by atoms with E-state index >= 15 is 4.39 Å². The van der Waals surface area contributed by atoms with Gasteiger partial charge in [-0.2, -0.15) is 0 Å². The first-order valence-electron chi connectivity index (χ1n) is 16.8. The number of allylic oxidation sites excluding steroid dienone is 4. The lowest BCUT2D eigenvalue weighted by Crippen LogP contribution is -2.69. The molecule has 0 aromatic heterocycles. The lowest BCUT2D eigenvalue weighted by molar-refractivity contribution is -0.219. The number of unbranched alkanes of at least 4 members (excludes halogenated alkanes) is 7. The normalized spacial score (nSPS) is 36.8. The molecular weight excluding hydrogens is 581 g/mol. The molecule has 0 radical (unpaired) electrons. The summed E-state index contributed by atoms with van der Waals surface area (Å²) >= 11 is 0. The highest BCUT2D eigenvalue weighted by Crippen LogP contribution is 2.70. The van der Waals surface area contributed by atoms with Crippen molar-refractivity contribution in [2.24, 2.45) is 28.6 Å². The SMILES string of the molecule is COC(=O)CCCCCCCCCCNC(=O)OCC(=O)C1(O)C(C)CC2C3CCC4=CC(=O)C=CC4(C)C3(F)C(O)CC21C. The number of alkyl halides is 1. The maximum absolute atomic E-state index is 17.3. The molecule has 252 valence electrons. The smallest absolute Gasteiger partial charge is 0.407 e. The van der Waals surface area contributed by atoms with E-state index in [0.717, 1.165) is 51.4 Å². The minimum absolute atomic E-state index is 0.123. The van der Waals surface area contributed by atoms with Crippen molar-refractivity contribution in [3.63, 3.8) is 0 Å². The van der Waals surface area contributed by atoms with E-state index in [1.165, 1.54) is 19.3 Å². The summed E-state index contributed by atoms with van der Waals surface area (Å²) in [6.45, 7) is 5.07. The van der Waals surface area contributed by atoms with E-state index in [1.54, 1.807) is 26.8 Å². The number of fused-ring (bicyclic) bond motifs is 5. The van der Waals surface area contributed by atoms with Gasteiger partial charge in [0.1, 0.15) is 5.60 Å². The average molecular weight is 634 g/mol. The van der Waals surface area contributed by atoms with Crippen LogP contribution in [0.25, 0.3) is 0 Å². The number of carbonyl (C=O) groups excluding carboxylic acids is 4. The first-order valence-corrected chi connectivity index (χ1v) is 16.8. The topological polar surface area (TPSA) is 139 Å². The van der Waals surface area contributed by atoms with Gasteiger partial charge in [-0.1, -0.05) is 64.0 Å². The highest BCUT2D eigenvalue weighted by molar-refractivity contribution is 6.01. The summed E-state index contributed by atoms with van der Waals surface area (Å²) in [5.74, 6) is -2.51. The summed E-state index contributed by atoms with van der Waals surface area (Å²) in [7, 11) is 1.40. The number of aliphatic hydroxyl groups is 2. The van der Waals surface area contributed by atoms with Crippen molar-refractivity contribution in [3.05, 3.63) is 23.8 Å². The molecule has 3 saturated carbocycles. The minimum atomic E-state index is -2.05. The molecule has 9 nitrogen and oxygen atoms in total. The maximum Gasteiger partial charge on any atom is 0.407 e. The number of Topliss-reactive ketones (excluding diaryl/α,β-unsaturated/α-hetero) is 1. The molecule has 3 fully saturated rings. The van der Waals surface area contributed by atoms with Crippen molar-refractivity contribution >= 4 is 23.6 Å². The maximum atomic E-state index is 17.3. The number of alkyl carbamates (subject to hydrolysis) is 1. The Kier molecular flexibility index (Phi) is 11.0. The lowest BCUT2D eigenvalue weighted by Gasteiger charge is -2.62. The molecule has 10 heteroatoms. The molecule has 4 aliphatic rings. The van der Waals surface area contributed by atoms with Gasteiger partial charge in [-0.05, 0) is 69.4 Å². The van der Waals surface area contributed by atoms with E-state index in [0.29, 0.717) is 37.8 Å². The van der Waals surface area contributed by atoms with Gasteiger partial charge in [0.25, 0.3) is 0 Å². The van der Waals surface area contributed by atoms with Crippen molar-refractivity contribution in [3.8, 4) is 0 Å². The summed E-state index contributed by atoms with van der Waals surface area (Å²) in [6, 6.07) is 0. The van der Waals surface area contributed by atoms with Crippen LogP contribution in [0.2, 0.25) is 0 Å². The fourth-order valence-corrected chi connectivity index (χ4v) is 9.18. The van der Waals surface area contributed by atoms with E-state index in [2.05, 4.69) is 10.1 Å². The predicted molar refractivity (Wildman–Crippen MR) is 166 cm³/mol. The molecule has 0 saturated heterocycles. The first-order chi connectivity index (χ1) is 21.3. The molecule has 0 heterocycles. The van der Waals surface area contributed by atoms with E-state index in [1.807, 2.05) is 0 Å². The van der Waals surface area contributed by atoms with Crippen LogP contribution in [0.1, 0.15) is 104 Å². The minimum Gasteiger partial charge on any atom is -0.469 e. The number of ketones is 2. The summed E-state index contributed by atoms with van der Waals surface area (Å²) in [4.78, 5) is 49.1. The Labute approximate surface area is 266 Å². The van der Waals surface area contributed by atoms with Gasteiger partial charge in [-0.15, -0.1) is 0 Å². The Morgan fingerprint density at radius 1 is 1.04 bits per heavy atom. The third kappa shape index (κ3) is 6.38. The van der Waals surface area contributed by atoms with Crippen LogP contribution in [0.3, 0.4) is 0 Å². The Morgan fingerprint density at radius 3 is 2.36 bits per heavy atom. The summed E-state index contributed by atoms with van der Waals surface area (Å²) in [6.07, 6.45) is 11.8. The zero-order chi connectivity index (χ0) is 33.0. The van der Waals surface area contributed by atoms with Gasteiger partial charge in [-0.25, -0.2) is 9.18 Å². The number of nitrogens with one attached hydrogen (secondary N) is 1. The largest absolute Gasteiger partial charge is 0.469 e. The molecule has 8 atom stereocenters. The van der Waals surface area contributed by atoms with Gasteiger partial charge >= 0.3 is 12.1 Å². The van der Waals surface area contributed by atoms with Crippen molar-refractivity contribution in [1.29, 1.82) is 0 Å². The number of esters is 1. The molecule has 45 heavy (non-hydrogen) atoms. The van der Waals surface area contributed by atoms with Crippen LogP contribution in [0.15, 0.2) is 23.8 Å². The van der Waals surface area contributed by atoms with Crippen LogP contribution in [0, 0.1) is 28.6 Å². The van der Waals surface area contributed by atoms with E-state index in [9.17, 15) is 29.4 Å². The van der Waals surface area contributed by atoms with Crippen molar-refractivity contribution in [2.45, 2.75) is 122 Å². The highest BCUT2D eigenvalue weighted by atomic mass is 19.1. The molecule has 0 bridgehead atoms. The Bertz CT molecular complexity index is 1200. The molecule has 1 amide bonds. The fourth-order valence-electron chi connectivity index (χ4n) is 9.18. The molecule has 0 aromatic carbocycles. The number of hydrogen-bond donors (Lipinski definition) is 3. The fraction of sp³-hybridized carbons (Fsp3) is 0.771. The molecule has 8 unspecified atom stereocenters. The average Bonchev–Trinajstić information content (AvgIpc) is 3.20. The van der Waals surface area contributed by atoms with Gasteiger partial charge in [0.15, 0.2) is 18.1 Å². The molecule has 3 N–H and O–H groups in total. The van der Waals surface area contributed by atoms with E-state index in [4.69, 9.17) is 4.74 Å². The van der Waals surface area contributed by atoms with Crippen LogP contribution < -0.4 is 5.32 Å². The Morgan fingerprint density at radius 2 is 1.69 bits per heavy atom. The van der Waals surface area contributed by atoms with Crippen LogP contribution >= 0.6 is 0 Å². The van der Waals surface area contributed by atoms with Gasteiger partial charge < -0.3 is 25.0 Å². The number of aliphatic hydroxyl groups excluding tert-OH is 1. The number of hydrogen-bond acceptors (Lipinski definition) is 8. The van der Waals surface area contributed by atoms with Crippen LogP contribution in [-0.2, 0) is 23.9 Å². The van der Waals surface area contributed by atoms with Gasteiger partial charge in [0, 0.05) is 29.7 Å². The van der Waals surface area contributed by atoms with Crippen LogP contribution in [0.4, 0.5) is 9.18 Å². The Hall–Kier alpha value is -2.59. The van der Waals surface area contributed by atoms with Crippen molar-refractivity contribution < 1.29 is 43.3 Å². The number of methoxy groups -OCH3 is 1. The van der Waals surface area contributed by atoms with E-state index < -0.39 is 58.5 Å². The summed E-state index contributed by atoms with van der Waals surface area (Å²) < 4.78 is 27.2. The molecular formula is C35H52FNO8. The quantitative estimate of drug-likeness (QED) is 0.173. The van der Waals surface area contributed by atoms with Crippen molar-refractivity contribution in [2.75, 3.05) is 20.3 Å². The zero-order valence-corrected chi connectivity index (χ0v) is 27.4. The highest BCUT2D eigenvalue weighted by Gasteiger charge is 2.75. The second kappa shape index (κ2) is 14.0. The lowest BCUT2D eigenvalue weighted by atomic mass is 9.44. The zero-order valence-electron chi connectivity index (χ0n) is 27.4. The van der Waals surface area contributed by atoms with Gasteiger partial charge in [0.05, 0.1) is 13.2 Å². The van der Waals surface area contributed by atoms with Crippen LogP contribution in [0.5, 0.6) is 0 Å². The second-order valence-corrected chi connectivity index (χ2v) is 14.2. The summed E-state index contributed by atoms with van der Waals surface area (Å²) in [5, 5.41) is 26.2. The third-order valence-corrected chi connectivity index (χ3v) is 11.8. The number of ether oxygens (including phenoxy) is 2. The number of rotatable bonds is 14. The number of halogens is 1. The molecule has 4 rings (SSSR count). The monoisotopic (exact) mass is 633 g/mol. The first kappa shape index (κ1) is 35.3. The Balaban J connectivity index is 1.25. The molecule has 0 spiro atoms. The van der Waals surface area contributed by atoms with Gasteiger partial charge in [0.2, 0.25) is 5.78 Å².